The van der Waals surface area contributed by atoms with Crippen LogP contribution < -0.4 is 4.31 Å². The van der Waals surface area contributed by atoms with Crippen molar-refractivity contribution in [3.05, 3.63) is 94.2 Å². The third-order valence-corrected chi connectivity index (χ3v) is 7.28. The molecule has 4 aromatic rings. The molecule has 174 valence electrons. The summed E-state index contributed by atoms with van der Waals surface area (Å²) in [6.07, 6.45) is 0. The first-order chi connectivity index (χ1) is 16.1. The Kier molecular flexibility index (Phi) is 6.20. The highest BCUT2D eigenvalue weighted by Gasteiger charge is 2.33. The van der Waals surface area contributed by atoms with Crippen LogP contribution in [0.5, 0.6) is 0 Å². The van der Waals surface area contributed by atoms with Gasteiger partial charge in [-0.05, 0) is 68.4 Å². The largest absolute Gasteiger partial charge is 0.465 e. The normalized spacial score (nSPS) is 11.4. The van der Waals surface area contributed by atoms with Gasteiger partial charge in [0.25, 0.3) is 15.9 Å². The maximum absolute atomic E-state index is 13.7. The molecule has 0 aliphatic rings. The molecule has 0 atom stereocenters. The molecule has 1 amide bonds. The van der Waals surface area contributed by atoms with Crippen LogP contribution in [0.1, 0.15) is 32.0 Å². The highest BCUT2D eigenvalue weighted by Crippen LogP contribution is 2.33. The van der Waals surface area contributed by atoms with Gasteiger partial charge in [-0.15, -0.1) is 0 Å². The lowest BCUT2D eigenvalue weighted by Gasteiger charge is -2.23. The molecule has 0 saturated heterocycles. The van der Waals surface area contributed by atoms with Crippen molar-refractivity contribution in [2.45, 2.75) is 18.7 Å². The van der Waals surface area contributed by atoms with Crippen LogP contribution in [0, 0.1) is 13.8 Å². The van der Waals surface area contributed by atoms with E-state index in [9.17, 15) is 18.0 Å². The fraction of sp³-hybridized carbons (Fsp3) is 0.120. The Hall–Kier alpha value is -3.62. The Morgan fingerprint density at radius 2 is 1.59 bits per heavy atom. The van der Waals surface area contributed by atoms with E-state index in [2.05, 4.69) is 0 Å². The van der Waals surface area contributed by atoms with Gasteiger partial charge in [0.05, 0.1) is 17.7 Å². The molecule has 0 N–H and O–H groups in total. The standard InChI is InChI=1S/C25H20ClNO6S/c1-15-4-6-17(7-5-15)24(28)27(34(30,31)20-11-8-18(26)9-12-20)19-10-13-22-21(14-19)23(16(2)33-22)25(29)32-3/h4-14H,1-3H3. The molecular weight excluding hydrogens is 478 g/mol. The van der Waals surface area contributed by atoms with E-state index in [1.54, 1.807) is 31.2 Å². The molecule has 0 aliphatic heterocycles. The Bertz CT molecular complexity index is 1510. The van der Waals surface area contributed by atoms with Crippen LogP contribution in [0.2, 0.25) is 5.02 Å². The minimum atomic E-state index is -4.35. The summed E-state index contributed by atoms with van der Waals surface area (Å²) in [7, 11) is -3.11. The van der Waals surface area contributed by atoms with Gasteiger partial charge in [0.2, 0.25) is 0 Å². The van der Waals surface area contributed by atoms with Crippen molar-refractivity contribution in [1.82, 2.24) is 0 Å². The average molecular weight is 498 g/mol. The van der Waals surface area contributed by atoms with E-state index in [0.717, 1.165) is 5.56 Å². The Labute approximate surface area is 201 Å². The molecule has 0 radical (unpaired) electrons. The number of fused-ring (bicyclic) bond motifs is 1. The van der Waals surface area contributed by atoms with Gasteiger partial charge in [0, 0.05) is 16.0 Å². The van der Waals surface area contributed by atoms with E-state index < -0.39 is 21.9 Å². The van der Waals surface area contributed by atoms with E-state index in [1.807, 2.05) is 6.92 Å². The number of sulfonamides is 1. The quantitative estimate of drug-likeness (QED) is 0.337. The molecule has 7 nitrogen and oxygen atoms in total. The lowest BCUT2D eigenvalue weighted by molar-refractivity contribution is 0.0600. The summed E-state index contributed by atoms with van der Waals surface area (Å²) < 4.78 is 38.6. The highest BCUT2D eigenvalue weighted by atomic mass is 35.5. The minimum absolute atomic E-state index is 0.0407. The number of methoxy groups -OCH3 is 1. The van der Waals surface area contributed by atoms with Crippen LogP contribution in [-0.2, 0) is 14.8 Å². The number of rotatable bonds is 5. The van der Waals surface area contributed by atoms with Crippen LogP contribution >= 0.6 is 11.6 Å². The summed E-state index contributed by atoms with van der Waals surface area (Å²) in [5, 5.41) is 0.684. The number of benzene rings is 3. The molecular formula is C25H20ClNO6S. The van der Waals surface area contributed by atoms with Crippen molar-refractivity contribution >= 4 is 50.2 Å². The maximum Gasteiger partial charge on any atom is 0.342 e. The highest BCUT2D eigenvalue weighted by molar-refractivity contribution is 7.93. The zero-order valence-electron chi connectivity index (χ0n) is 18.5. The first-order valence-corrected chi connectivity index (χ1v) is 12.0. The molecule has 0 spiro atoms. The zero-order valence-corrected chi connectivity index (χ0v) is 20.1. The fourth-order valence-electron chi connectivity index (χ4n) is 3.58. The second kappa shape index (κ2) is 8.96. The molecule has 1 heterocycles. The van der Waals surface area contributed by atoms with Crippen molar-refractivity contribution in [2.24, 2.45) is 0 Å². The van der Waals surface area contributed by atoms with Crippen LogP contribution in [0.25, 0.3) is 11.0 Å². The molecule has 0 fully saturated rings. The molecule has 0 bridgehead atoms. The Morgan fingerprint density at radius 1 is 0.941 bits per heavy atom. The number of hydrogen-bond acceptors (Lipinski definition) is 6. The van der Waals surface area contributed by atoms with Crippen LogP contribution in [0.15, 0.2) is 76.0 Å². The van der Waals surface area contributed by atoms with E-state index in [-0.39, 0.29) is 21.7 Å². The molecule has 1 aromatic heterocycles. The number of hydrogen-bond donors (Lipinski definition) is 0. The molecule has 0 saturated carbocycles. The van der Waals surface area contributed by atoms with Crippen molar-refractivity contribution < 1.29 is 27.2 Å². The smallest absolute Gasteiger partial charge is 0.342 e. The molecule has 3 aromatic carbocycles. The fourth-order valence-corrected chi connectivity index (χ4v) is 5.11. The number of carbonyl (C=O) groups excluding carboxylic acids is 2. The topological polar surface area (TPSA) is 93.9 Å². The second-order valence-electron chi connectivity index (χ2n) is 7.60. The van der Waals surface area contributed by atoms with E-state index in [0.29, 0.717) is 26.1 Å². The van der Waals surface area contributed by atoms with Gasteiger partial charge < -0.3 is 9.15 Å². The van der Waals surface area contributed by atoms with Gasteiger partial charge in [-0.2, -0.15) is 4.31 Å². The SMILES string of the molecule is COC(=O)c1c(C)oc2ccc(N(C(=O)c3ccc(C)cc3)S(=O)(=O)c3ccc(Cl)cc3)cc12. The summed E-state index contributed by atoms with van der Waals surface area (Å²) >= 11 is 5.93. The first kappa shape index (κ1) is 23.5. The lowest BCUT2D eigenvalue weighted by Crippen LogP contribution is -2.37. The maximum atomic E-state index is 13.7. The molecule has 9 heteroatoms. The number of nitrogens with zero attached hydrogens (tertiary/aromatic N) is 1. The van der Waals surface area contributed by atoms with Gasteiger partial charge in [0.1, 0.15) is 16.9 Å². The number of carbonyl (C=O) groups is 2. The molecule has 4 rings (SSSR count). The summed E-state index contributed by atoms with van der Waals surface area (Å²) in [4.78, 5) is 25.8. The number of esters is 1. The zero-order chi connectivity index (χ0) is 24.6. The second-order valence-corrected chi connectivity index (χ2v) is 9.82. The van der Waals surface area contributed by atoms with Crippen molar-refractivity contribution in [3.63, 3.8) is 0 Å². The summed E-state index contributed by atoms with van der Waals surface area (Å²) in [6.45, 7) is 3.46. The third kappa shape index (κ3) is 4.18. The molecule has 0 unspecified atom stereocenters. The lowest BCUT2D eigenvalue weighted by atomic mass is 10.1. The third-order valence-electron chi connectivity index (χ3n) is 5.31. The van der Waals surface area contributed by atoms with E-state index >= 15 is 0 Å². The number of ether oxygens (including phenoxy) is 1. The molecule has 34 heavy (non-hydrogen) atoms. The van der Waals surface area contributed by atoms with Crippen molar-refractivity contribution in [2.75, 3.05) is 11.4 Å². The van der Waals surface area contributed by atoms with Crippen molar-refractivity contribution in [1.29, 1.82) is 0 Å². The Morgan fingerprint density at radius 3 is 2.21 bits per heavy atom. The van der Waals surface area contributed by atoms with Crippen LogP contribution in [0.3, 0.4) is 0 Å². The predicted octanol–water partition coefficient (Wildman–Crippen LogP) is 5.53. The number of amides is 1. The predicted molar refractivity (Wildman–Crippen MR) is 129 cm³/mol. The minimum Gasteiger partial charge on any atom is -0.465 e. The average Bonchev–Trinajstić information content (AvgIpc) is 3.14. The van der Waals surface area contributed by atoms with Gasteiger partial charge >= 0.3 is 5.97 Å². The summed E-state index contributed by atoms with van der Waals surface area (Å²) in [6, 6.07) is 16.5. The summed E-state index contributed by atoms with van der Waals surface area (Å²) in [5.74, 6) is -1.07. The monoisotopic (exact) mass is 497 g/mol. The summed E-state index contributed by atoms with van der Waals surface area (Å²) in [5.41, 5.74) is 1.65. The van der Waals surface area contributed by atoms with Crippen LogP contribution in [-0.4, -0.2) is 27.4 Å². The van der Waals surface area contributed by atoms with Gasteiger partial charge in [0.15, 0.2) is 0 Å². The van der Waals surface area contributed by atoms with Crippen molar-refractivity contribution in [3.8, 4) is 0 Å². The van der Waals surface area contributed by atoms with Gasteiger partial charge in [-0.3, -0.25) is 4.79 Å². The number of furan rings is 1. The number of aryl methyl sites for hydroxylation is 2. The number of anilines is 1. The van der Waals surface area contributed by atoms with Gasteiger partial charge in [-0.25, -0.2) is 13.2 Å². The number of halogens is 1. The van der Waals surface area contributed by atoms with E-state index in [1.165, 1.54) is 49.6 Å². The molecule has 0 aliphatic carbocycles. The Balaban J connectivity index is 1.95. The van der Waals surface area contributed by atoms with Crippen LogP contribution in [0.4, 0.5) is 5.69 Å². The first-order valence-electron chi connectivity index (χ1n) is 10.2. The van der Waals surface area contributed by atoms with E-state index in [4.69, 9.17) is 20.8 Å². The van der Waals surface area contributed by atoms with Gasteiger partial charge in [-0.1, -0.05) is 29.3 Å².